The normalized spacial score (nSPS) is 19.6. The fraction of sp³-hybridized carbons (Fsp3) is 0.625. The van der Waals surface area contributed by atoms with Crippen LogP contribution in [0.15, 0.2) is 18.2 Å². The van der Waals surface area contributed by atoms with Crippen LogP contribution in [0.25, 0.3) is 0 Å². The van der Waals surface area contributed by atoms with E-state index >= 15 is 0 Å². The molecular formula is C16H23F2N. The summed E-state index contributed by atoms with van der Waals surface area (Å²) >= 11 is 0. The lowest BCUT2D eigenvalue weighted by molar-refractivity contribution is 0.185. The summed E-state index contributed by atoms with van der Waals surface area (Å²) in [5.74, 6) is -0.657. The number of nitrogens with one attached hydrogen (secondary N) is 1. The van der Waals surface area contributed by atoms with Crippen molar-refractivity contribution in [3.8, 4) is 0 Å². The first-order valence-electron chi connectivity index (χ1n) is 7.31. The first kappa shape index (κ1) is 14.4. The minimum atomic E-state index is -0.358. The van der Waals surface area contributed by atoms with Gasteiger partial charge in [-0.25, -0.2) is 8.78 Å². The first-order valence-corrected chi connectivity index (χ1v) is 7.31. The molecule has 2 rings (SSSR count). The van der Waals surface area contributed by atoms with Crippen molar-refractivity contribution < 1.29 is 8.78 Å². The second-order valence-corrected chi connectivity index (χ2v) is 5.58. The monoisotopic (exact) mass is 267 g/mol. The lowest BCUT2D eigenvalue weighted by Gasteiger charge is -2.38. The molecular weight excluding hydrogens is 244 g/mol. The van der Waals surface area contributed by atoms with E-state index < -0.39 is 0 Å². The van der Waals surface area contributed by atoms with Crippen molar-refractivity contribution in [2.45, 2.75) is 52.0 Å². The zero-order chi connectivity index (χ0) is 13.9. The third-order valence-electron chi connectivity index (χ3n) is 4.59. The van der Waals surface area contributed by atoms with Crippen molar-refractivity contribution in [2.75, 3.05) is 6.54 Å². The molecule has 0 amide bonds. The van der Waals surface area contributed by atoms with Crippen LogP contribution in [0.5, 0.6) is 0 Å². The Hall–Kier alpha value is -0.960. The van der Waals surface area contributed by atoms with E-state index in [0.717, 1.165) is 25.8 Å². The Morgan fingerprint density at radius 2 is 1.89 bits per heavy atom. The van der Waals surface area contributed by atoms with Gasteiger partial charge in [0.05, 0.1) is 0 Å². The molecule has 1 aliphatic carbocycles. The molecule has 0 heterocycles. The van der Waals surface area contributed by atoms with E-state index in [4.69, 9.17) is 0 Å². The molecule has 1 aliphatic rings. The van der Waals surface area contributed by atoms with E-state index in [1.807, 2.05) is 6.92 Å². The third kappa shape index (κ3) is 2.81. The van der Waals surface area contributed by atoms with Gasteiger partial charge in [-0.05, 0) is 49.4 Å². The predicted octanol–water partition coefficient (Wildman–Crippen LogP) is 4.59. The van der Waals surface area contributed by atoms with Gasteiger partial charge in [0.1, 0.15) is 11.6 Å². The molecule has 106 valence electrons. The van der Waals surface area contributed by atoms with Crippen LogP contribution in [0, 0.1) is 17.0 Å². The van der Waals surface area contributed by atoms with Crippen LogP contribution in [-0.2, 0) is 0 Å². The quantitative estimate of drug-likeness (QED) is 0.823. The summed E-state index contributed by atoms with van der Waals surface area (Å²) in [6.07, 6.45) is 5.56. The Labute approximate surface area is 114 Å². The lowest BCUT2D eigenvalue weighted by Crippen LogP contribution is -2.36. The zero-order valence-corrected chi connectivity index (χ0v) is 11.8. The predicted molar refractivity (Wildman–Crippen MR) is 74.0 cm³/mol. The molecule has 1 saturated carbocycles. The highest BCUT2D eigenvalue weighted by Gasteiger charge is 2.41. The van der Waals surface area contributed by atoms with Crippen LogP contribution in [0.4, 0.5) is 8.78 Å². The van der Waals surface area contributed by atoms with Crippen molar-refractivity contribution in [1.82, 2.24) is 5.32 Å². The fourth-order valence-electron chi connectivity index (χ4n) is 3.52. The number of benzene rings is 1. The van der Waals surface area contributed by atoms with Gasteiger partial charge in [-0.3, -0.25) is 0 Å². The second kappa shape index (κ2) is 6.00. The molecule has 0 aliphatic heterocycles. The molecule has 0 bridgehead atoms. The maximum absolute atomic E-state index is 14.1. The highest BCUT2D eigenvalue weighted by Crippen LogP contribution is 2.50. The highest BCUT2D eigenvalue weighted by molar-refractivity contribution is 5.25. The van der Waals surface area contributed by atoms with Crippen LogP contribution < -0.4 is 5.32 Å². The van der Waals surface area contributed by atoms with Crippen LogP contribution in [0.3, 0.4) is 0 Å². The molecule has 19 heavy (non-hydrogen) atoms. The molecule has 0 saturated heterocycles. The molecule has 0 aromatic heterocycles. The Bertz CT molecular complexity index is 425. The number of halogens is 2. The van der Waals surface area contributed by atoms with Gasteiger partial charge in [0.2, 0.25) is 0 Å². The maximum Gasteiger partial charge on any atom is 0.128 e. The van der Waals surface area contributed by atoms with Crippen molar-refractivity contribution in [2.24, 2.45) is 5.41 Å². The standard InChI is InChI=1S/C16H23F2N/c1-3-16(9-5-6-10-16)15(19-4-2)13-11-12(17)7-8-14(13)18/h7-8,11,15,19H,3-6,9-10H2,1-2H3. The van der Waals surface area contributed by atoms with Crippen molar-refractivity contribution in [3.63, 3.8) is 0 Å². The zero-order valence-electron chi connectivity index (χ0n) is 11.8. The van der Waals surface area contributed by atoms with E-state index in [2.05, 4.69) is 12.2 Å². The topological polar surface area (TPSA) is 12.0 Å². The van der Waals surface area contributed by atoms with Crippen molar-refractivity contribution in [3.05, 3.63) is 35.4 Å². The number of hydrogen-bond acceptors (Lipinski definition) is 1. The summed E-state index contributed by atoms with van der Waals surface area (Å²) < 4.78 is 27.6. The molecule has 1 N–H and O–H groups in total. The first-order chi connectivity index (χ1) is 9.13. The van der Waals surface area contributed by atoms with Crippen LogP contribution in [-0.4, -0.2) is 6.54 Å². The largest absolute Gasteiger partial charge is 0.310 e. The fourth-order valence-corrected chi connectivity index (χ4v) is 3.52. The van der Waals surface area contributed by atoms with Gasteiger partial charge in [0.25, 0.3) is 0 Å². The highest BCUT2D eigenvalue weighted by atomic mass is 19.1. The lowest BCUT2D eigenvalue weighted by atomic mass is 9.73. The van der Waals surface area contributed by atoms with Gasteiger partial charge in [-0.2, -0.15) is 0 Å². The Kier molecular flexibility index (Phi) is 4.56. The van der Waals surface area contributed by atoms with Gasteiger partial charge in [0, 0.05) is 11.6 Å². The summed E-state index contributed by atoms with van der Waals surface area (Å²) in [5, 5.41) is 3.39. The average molecular weight is 267 g/mol. The van der Waals surface area contributed by atoms with Gasteiger partial charge in [0.15, 0.2) is 0 Å². The van der Waals surface area contributed by atoms with Crippen molar-refractivity contribution in [1.29, 1.82) is 0 Å². The molecule has 1 unspecified atom stereocenters. The van der Waals surface area contributed by atoms with E-state index in [1.54, 1.807) is 0 Å². The number of rotatable bonds is 5. The minimum absolute atomic E-state index is 0.0741. The number of hydrogen-bond donors (Lipinski definition) is 1. The molecule has 1 aromatic rings. The van der Waals surface area contributed by atoms with Gasteiger partial charge >= 0.3 is 0 Å². The molecule has 0 spiro atoms. The average Bonchev–Trinajstić information content (AvgIpc) is 2.89. The smallest absolute Gasteiger partial charge is 0.128 e. The summed E-state index contributed by atoms with van der Waals surface area (Å²) in [6.45, 7) is 4.94. The van der Waals surface area contributed by atoms with Gasteiger partial charge in [-0.15, -0.1) is 0 Å². The summed E-state index contributed by atoms with van der Waals surface area (Å²) in [6, 6.07) is 3.71. The Morgan fingerprint density at radius 3 is 2.47 bits per heavy atom. The summed E-state index contributed by atoms with van der Waals surface area (Å²) in [4.78, 5) is 0. The molecule has 1 fully saturated rings. The molecule has 0 radical (unpaired) electrons. The van der Waals surface area contributed by atoms with E-state index in [9.17, 15) is 8.78 Å². The maximum atomic E-state index is 14.1. The van der Waals surface area contributed by atoms with Crippen molar-refractivity contribution >= 4 is 0 Å². The van der Waals surface area contributed by atoms with E-state index in [1.165, 1.54) is 31.0 Å². The summed E-state index contributed by atoms with van der Waals surface area (Å²) in [7, 11) is 0. The third-order valence-corrected chi connectivity index (χ3v) is 4.59. The van der Waals surface area contributed by atoms with Crippen LogP contribution >= 0.6 is 0 Å². The van der Waals surface area contributed by atoms with Crippen LogP contribution in [0.1, 0.15) is 57.6 Å². The van der Waals surface area contributed by atoms with Crippen LogP contribution in [0.2, 0.25) is 0 Å². The SMILES string of the molecule is CCNC(c1cc(F)ccc1F)C1(CC)CCCC1. The van der Waals surface area contributed by atoms with Gasteiger partial charge in [-0.1, -0.05) is 26.7 Å². The Balaban J connectivity index is 2.41. The van der Waals surface area contributed by atoms with E-state index in [-0.39, 0.29) is 23.1 Å². The second-order valence-electron chi connectivity index (χ2n) is 5.58. The Morgan fingerprint density at radius 1 is 1.21 bits per heavy atom. The van der Waals surface area contributed by atoms with E-state index in [0.29, 0.717) is 5.56 Å². The molecule has 3 heteroatoms. The van der Waals surface area contributed by atoms with Gasteiger partial charge < -0.3 is 5.32 Å². The molecule has 1 nitrogen and oxygen atoms in total. The molecule has 1 aromatic carbocycles. The molecule has 1 atom stereocenters. The minimum Gasteiger partial charge on any atom is -0.310 e. The summed E-state index contributed by atoms with van der Waals surface area (Å²) in [5.41, 5.74) is 0.565.